The van der Waals surface area contributed by atoms with Gasteiger partial charge in [-0.2, -0.15) is 0 Å². The Morgan fingerprint density at radius 1 is 0.929 bits per heavy atom. The van der Waals surface area contributed by atoms with Crippen molar-refractivity contribution in [1.82, 2.24) is 4.90 Å². The second-order valence-electron chi connectivity index (χ2n) is 11.1. The minimum absolute atomic E-state index is 0.00918. The molecule has 42 heavy (non-hydrogen) atoms. The number of aryl methyl sites for hydroxylation is 2. The van der Waals surface area contributed by atoms with Crippen LogP contribution < -0.4 is 4.74 Å². The predicted molar refractivity (Wildman–Crippen MR) is 164 cm³/mol. The SMILES string of the molecule is CCOC(=O)C(C)(C)Oc1c(C)cc([C@H]2CN(C(=O)OCc3ccccc3)CC2C(=O)c2ccc(SC)cc2)cc1C. The number of rotatable bonds is 10. The maximum Gasteiger partial charge on any atom is 0.410 e. The first kappa shape index (κ1) is 31.2. The number of ether oxygens (including phenoxy) is 3. The van der Waals surface area contributed by atoms with Gasteiger partial charge >= 0.3 is 12.1 Å². The Labute approximate surface area is 252 Å². The number of nitrogens with zero attached hydrogens (tertiary/aromatic N) is 1. The molecule has 1 unspecified atom stereocenters. The van der Waals surface area contributed by atoms with E-state index in [1.165, 1.54) is 0 Å². The number of amides is 1. The number of carbonyl (C=O) groups is 3. The first-order valence-electron chi connectivity index (χ1n) is 14.1. The minimum atomic E-state index is -1.17. The second kappa shape index (κ2) is 13.5. The Hall–Kier alpha value is -3.78. The van der Waals surface area contributed by atoms with Crippen molar-refractivity contribution in [1.29, 1.82) is 0 Å². The zero-order valence-electron chi connectivity index (χ0n) is 25.1. The Kier molecular flexibility index (Phi) is 9.99. The lowest BCUT2D eigenvalue weighted by Gasteiger charge is -2.27. The van der Waals surface area contributed by atoms with Gasteiger partial charge < -0.3 is 19.1 Å². The van der Waals surface area contributed by atoms with Crippen molar-refractivity contribution in [3.8, 4) is 5.75 Å². The van der Waals surface area contributed by atoms with Crippen molar-refractivity contribution in [2.24, 2.45) is 5.92 Å². The lowest BCUT2D eigenvalue weighted by Crippen LogP contribution is -2.40. The van der Waals surface area contributed by atoms with E-state index in [-0.39, 0.29) is 31.5 Å². The summed E-state index contributed by atoms with van der Waals surface area (Å²) in [6.45, 7) is 10.0. The molecule has 0 spiro atoms. The molecule has 4 rings (SSSR count). The van der Waals surface area contributed by atoms with Gasteiger partial charge in [0.05, 0.1) is 6.61 Å². The molecule has 0 radical (unpaired) electrons. The summed E-state index contributed by atoms with van der Waals surface area (Å²) < 4.78 is 17.0. The second-order valence-corrected chi connectivity index (χ2v) is 11.9. The van der Waals surface area contributed by atoms with E-state index in [2.05, 4.69) is 0 Å². The average Bonchev–Trinajstić information content (AvgIpc) is 3.44. The van der Waals surface area contributed by atoms with Crippen LogP contribution in [0.4, 0.5) is 4.79 Å². The standard InChI is InChI=1S/C34H39NO6S/c1-7-39-32(37)34(4,5)41-31-22(2)17-26(18-23(31)3)28-19-35(33(38)40-21-24-11-9-8-10-12-24)20-29(28)30(36)25-13-15-27(42-6)16-14-25/h8-18,28-29H,7,19-21H2,1-6H3/t28-,29?/m1/s1. The molecule has 1 amide bonds. The number of esters is 1. The van der Waals surface area contributed by atoms with Crippen LogP contribution in [-0.2, 0) is 20.9 Å². The third-order valence-corrected chi connectivity index (χ3v) is 8.27. The molecule has 0 bridgehead atoms. The van der Waals surface area contributed by atoms with Gasteiger partial charge in [0, 0.05) is 35.4 Å². The van der Waals surface area contributed by atoms with Crippen molar-refractivity contribution in [3.63, 3.8) is 0 Å². The number of ketones is 1. The van der Waals surface area contributed by atoms with Gasteiger partial charge in [0.2, 0.25) is 0 Å². The zero-order chi connectivity index (χ0) is 30.4. The van der Waals surface area contributed by atoms with Gasteiger partial charge in [-0.15, -0.1) is 11.8 Å². The summed E-state index contributed by atoms with van der Waals surface area (Å²) >= 11 is 1.62. The summed E-state index contributed by atoms with van der Waals surface area (Å²) in [6, 6.07) is 21.1. The molecular weight excluding hydrogens is 550 g/mol. The van der Waals surface area contributed by atoms with Crippen molar-refractivity contribution in [2.75, 3.05) is 26.0 Å². The first-order valence-corrected chi connectivity index (χ1v) is 15.4. The fourth-order valence-corrected chi connectivity index (χ4v) is 5.71. The van der Waals surface area contributed by atoms with Crippen LogP contribution in [0.15, 0.2) is 71.6 Å². The van der Waals surface area contributed by atoms with Gasteiger partial charge in [0.1, 0.15) is 12.4 Å². The number of thioether (sulfide) groups is 1. The van der Waals surface area contributed by atoms with Crippen LogP contribution in [0.3, 0.4) is 0 Å². The van der Waals surface area contributed by atoms with Crippen LogP contribution in [-0.4, -0.2) is 54.3 Å². The van der Waals surface area contributed by atoms with Crippen LogP contribution in [0.1, 0.15) is 59.3 Å². The number of hydrogen-bond acceptors (Lipinski definition) is 7. The highest BCUT2D eigenvalue weighted by atomic mass is 32.2. The highest BCUT2D eigenvalue weighted by Gasteiger charge is 2.42. The number of Topliss-reactive ketones (excluding diaryl/α,β-unsaturated/α-hetero) is 1. The Bertz CT molecular complexity index is 1400. The van der Waals surface area contributed by atoms with Crippen LogP contribution in [0.5, 0.6) is 5.75 Å². The quantitative estimate of drug-likeness (QED) is 0.143. The monoisotopic (exact) mass is 589 g/mol. The van der Waals surface area contributed by atoms with E-state index in [1.54, 1.807) is 37.4 Å². The van der Waals surface area contributed by atoms with Gasteiger partial charge in [-0.05, 0) is 75.3 Å². The molecular formula is C34H39NO6S. The van der Waals surface area contributed by atoms with E-state index >= 15 is 0 Å². The molecule has 0 saturated carbocycles. The fraction of sp³-hybridized carbons (Fsp3) is 0.382. The van der Waals surface area contributed by atoms with Gasteiger partial charge in [0.25, 0.3) is 0 Å². The molecule has 8 heteroatoms. The molecule has 0 aromatic heterocycles. The molecule has 1 saturated heterocycles. The topological polar surface area (TPSA) is 82.1 Å². The molecule has 3 aromatic carbocycles. The smallest absolute Gasteiger partial charge is 0.410 e. The lowest BCUT2D eigenvalue weighted by atomic mass is 9.82. The fourth-order valence-electron chi connectivity index (χ4n) is 5.30. The normalized spacial score (nSPS) is 16.7. The van der Waals surface area contributed by atoms with E-state index in [1.807, 2.05) is 86.8 Å². The summed E-state index contributed by atoms with van der Waals surface area (Å²) in [5.41, 5.74) is 2.96. The van der Waals surface area contributed by atoms with Crippen LogP contribution in [0, 0.1) is 19.8 Å². The molecule has 3 aromatic rings. The van der Waals surface area contributed by atoms with E-state index in [0.717, 1.165) is 27.1 Å². The summed E-state index contributed by atoms with van der Waals surface area (Å²) in [5, 5.41) is 0. The van der Waals surface area contributed by atoms with Gasteiger partial charge in [-0.1, -0.05) is 54.6 Å². The Morgan fingerprint density at radius 3 is 2.17 bits per heavy atom. The average molecular weight is 590 g/mol. The summed E-state index contributed by atoms with van der Waals surface area (Å²) in [5.74, 6) is -0.538. The van der Waals surface area contributed by atoms with Gasteiger partial charge in [-0.3, -0.25) is 4.79 Å². The van der Waals surface area contributed by atoms with E-state index in [9.17, 15) is 14.4 Å². The summed E-state index contributed by atoms with van der Waals surface area (Å²) in [4.78, 5) is 42.2. The highest BCUT2D eigenvalue weighted by Crippen LogP contribution is 2.39. The van der Waals surface area contributed by atoms with Crippen molar-refractivity contribution in [3.05, 3.63) is 94.5 Å². The molecule has 222 valence electrons. The molecule has 2 atom stereocenters. The molecule has 1 aliphatic rings. The maximum absolute atomic E-state index is 13.9. The third kappa shape index (κ3) is 7.16. The number of carbonyl (C=O) groups excluding carboxylic acids is 3. The molecule has 1 heterocycles. The molecule has 7 nitrogen and oxygen atoms in total. The van der Waals surface area contributed by atoms with Crippen LogP contribution >= 0.6 is 11.8 Å². The molecule has 1 aliphatic heterocycles. The van der Waals surface area contributed by atoms with Crippen molar-refractivity contribution < 1.29 is 28.6 Å². The minimum Gasteiger partial charge on any atom is -0.476 e. The van der Waals surface area contributed by atoms with Crippen molar-refractivity contribution >= 4 is 29.6 Å². The van der Waals surface area contributed by atoms with E-state index < -0.39 is 23.6 Å². The summed E-state index contributed by atoms with van der Waals surface area (Å²) in [7, 11) is 0. The van der Waals surface area contributed by atoms with Gasteiger partial charge in [-0.25, -0.2) is 9.59 Å². The molecule has 0 aliphatic carbocycles. The van der Waals surface area contributed by atoms with Crippen LogP contribution in [0.25, 0.3) is 0 Å². The van der Waals surface area contributed by atoms with E-state index in [4.69, 9.17) is 14.2 Å². The van der Waals surface area contributed by atoms with Crippen LogP contribution in [0.2, 0.25) is 0 Å². The predicted octanol–water partition coefficient (Wildman–Crippen LogP) is 6.98. The first-order chi connectivity index (χ1) is 20.0. The lowest BCUT2D eigenvalue weighted by molar-refractivity contribution is -0.158. The Morgan fingerprint density at radius 2 is 1.57 bits per heavy atom. The molecule has 0 N–H and O–H groups in total. The zero-order valence-corrected chi connectivity index (χ0v) is 26.0. The largest absolute Gasteiger partial charge is 0.476 e. The highest BCUT2D eigenvalue weighted by molar-refractivity contribution is 7.98. The van der Waals surface area contributed by atoms with E-state index in [0.29, 0.717) is 17.9 Å². The molecule has 1 fully saturated rings. The number of benzene rings is 3. The van der Waals surface area contributed by atoms with Crippen molar-refractivity contribution in [2.45, 2.75) is 57.6 Å². The van der Waals surface area contributed by atoms with Gasteiger partial charge in [0.15, 0.2) is 11.4 Å². The number of hydrogen-bond donors (Lipinski definition) is 0. The maximum atomic E-state index is 13.9. The summed E-state index contributed by atoms with van der Waals surface area (Å²) in [6.07, 6.45) is 1.55. The Balaban J connectivity index is 1.62. The number of likely N-dealkylation sites (tertiary alicyclic amines) is 1. The third-order valence-electron chi connectivity index (χ3n) is 7.53.